The Morgan fingerprint density at radius 1 is 0.714 bits per heavy atom. The zero-order valence-electron chi connectivity index (χ0n) is 20.1. The Hall–Kier alpha value is -3.11. The van der Waals surface area contributed by atoms with Crippen LogP contribution in [-0.4, -0.2) is 21.9 Å². The summed E-state index contributed by atoms with van der Waals surface area (Å²) in [5.74, 6) is 0.839. The molecule has 3 nitrogen and oxygen atoms in total. The summed E-state index contributed by atoms with van der Waals surface area (Å²) in [6.07, 6.45) is 0. The van der Waals surface area contributed by atoms with E-state index in [0.29, 0.717) is 19.7 Å². The number of nitrogens with zero attached hydrogens (tertiary/aromatic N) is 1. The molecule has 4 aromatic rings. The molecular formula is C31H32ClNO2. The highest BCUT2D eigenvalue weighted by molar-refractivity contribution is 6.18. The van der Waals surface area contributed by atoms with Crippen LogP contribution in [0.1, 0.15) is 29.2 Å². The molecule has 0 saturated heterocycles. The van der Waals surface area contributed by atoms with Crippen molar-refractivity contribution >= 4 is 11.6 Å². The van der Waals surface area contributed by atoms with Crippen molar-refractivity contribution < 1.29 is 9.84 Å². The molecule has 180 valence electrons. The van der Waals surface area contributed by atoms with Gasteiger partial charge in [0.1, 0.15) is 18.0 Å². The zero-order chi connectivity index (χ0) is 24.5. The molecule has 0 amide bonds. The highest BCUT2D eigenvalue weighted by Crippen LogP contribution is 2.33. The Morgan fingerprint density at radius 2 is 1.17 bits per heavy atom. The van der Waals surface area contributed by atoms with Gasteiger partial charge in [0, 0.05) is 19.1 Å². The molecule has 4 aromatic carbocycles. The largest absolute Gasteiger partial charge is 0.489 e. The van der Waals surface area contributed by atoms with E-state index >= 15 is 0 Å². The summed E-state index contributed by atoms with van der Waals surface area (Å²) in [4.78, 5) is 2.28. The van der Waals surface area contributed by atoms with E-state index in [-0.39, 0.29) is 11.9 Å². The van der Waals surface area contributed by atoms with Gasteiger partial charge in [0.15, 0.2) is 0 Å². The van der Waals surface area contributed by atoms with Gasteiger partial charge in [-0.05, 0) is 41.3 Å². The summed E-state index contributed by atoms with van der Waals surface area (Å²) < 4.78 is 5.93. The van der Waals surface area contributed by atoms with Gasteiger partial charge in [0.2, 0.25) is 0 Å². The molecule has 0 aliphatic heterocycles. The van der Waals surface area contributed by atoms with E-state index in [1.54, 1.807) is 0 Å². The number of hydrogen-bond acceptors (Lipinski definition) is 3. The van der Waals surface area contributed by atoms with Gasteiger partial charge in [-0.25, -0.2) is 0 Å². The molecular weight excluding hydrogens is 454 g/mol. The minimum Gasteiger partial charge on any atom is -0.489 e. The fourth-order valence-electron chi connectivity index (χ4n) is 4.28. The van der Waals surface area contributed by atoms with Crippen LogP contribution in [0.3, 0.4) is 0 Å². The van der Waals surface area contributed by atoms with Crippen LogP contribution in [0.5, 0.6) is 5.75 Å². The van der Waals surface area contributed by atoms with Crippen LogP contribution in [0.25, 0.3) is 0 Å². The number of aliphatic hydroxyl groups is 1. The van der Waals surface area contributed by atoms with Crippen molar-refractivity contribution in [1.82, 2.24) is 4.90 Å². The third-order valence-corrected chi connectivity index (χ3v) is 6.91. The molecule has 35 heavy (non-hydrogen) atoms. The lowest BCUT2D eigenvalue weighted by Gasteiger charge is -2.40. The lowest BCUT2D eigenvalue weighted by atomic mass is 9.87. The van der Waals surface area contributed by atoms with Gasteiger partial charge in [-0.15, -0.1) is 11.6 Å². The number of ether oxygens (including phenoxy) is 1. The molecule has 0 spiro atoms. The first-order valence-corrected chi connectivity index (χ1v) is 12.5. The van der Waals surface area contributed by atoms with E-state index in [1.807, 2.05) is 97.9 Å². The van der Waals surface area contributed by atoms with Crippen LogP contribution >= 0.6 is 11.6 Å². The van der Waals surface area contributed by atoms with E-state index in [9.17, 15) is 5.11 Å². The second kappa shape index (κ2) is 12.0. The van der Waals surface area contributed by atoms with Gasteiger partial charge in [0.25, 0.3) is 0 Å². The van der Waals surface area contributed by atoms with Crippen LogP contribution in [0.15, 0.2) is 115 Å². The summed E-state index contributed by atoms with van der Waals surface area (Å²) in [5.41, 5.74) is 3.04. The third-order valence-electron chi connectivity index (χ3n) is 6.50. The smallest absolute Gasteiger partial charge is 0.119 e. The fourth-order valence-corrected chi connectivity index (χ4v) is 4.66. The minimum absolute atomic E-state index is 0.0818. The molecule has 0 fully saturated rings. The standard InChI is InChI=1S/C31H32ClNO2/c1-25(33(21-26-11-5-2-6-12-26)22-27-13-7-3-8-14-27)31(34,24-32)29-17-19-30(20-18-29)35-23-28-15-9-4-10-16-28/h2-20,25,34H,21-24H2,1H3/t25-,31+/m0/s1. The van der Waals surface area contributed by atoms with Crippen molar-refractivity contribution in [3.8, 4) is 5.75 Å². The van der Waals surface area contributed by atoms with Crippen LogP contribution in [-0.2, 0) is 25.3 Å². The van der Waals surface area contributed by atoms with Gasteiger partial charge < -0.3 is 9.84 Å². The second-order valence-electron chi connectivity index (χ2n) is 8.91. The summed E-state index contributed by atoms with van der Waals surface area (Å²) in [6.45, 7) is 3.95. The molecule has 0 unspecified atom stereocenters. The minimum atomic E-state index is -1.23. The van der Waals surface area contributed by atoms with Crippen molar-refractivity contribution in [3.63, 3.8) is 0 Å². The van der Waals surface area contributed by atoms with E-state index in [0.717, 1.165) is 16.9 Å². The van der Waals surface area contributed by atoms with E-state index in [1.165, 1.54) is 11.1 Å². The predicted octanol–water partition coefficient (Wildman–Crippen LogP) is 6.78. The van der Waals surface area contributed by atoms with Gasteiger partial charge in [-0.2, -0.15) is 0 Å². The molecule has 2 atom stereocenters. The summed E-state index contributed by atoms with van der Waals surface area (Å²) in [5, 5.41) is 11.9. The quantitative estimate of drug-likeness (QED) is 0.237. The molecule has 0 aliphatic carbocycles. The van der Waals surface area contributed by atoms with E-state index < -0.39 is 5.60 Å². The van der Waals surface area contributed by atoms with E-state index in [2.05, 4.69) is 29.2 Å². The molecule has 0 saturated carbocycles. The van der Waals surface area contributed by atoms with Crippen LogP contribution in [0.4, 0.5) is 0 Å². The number of benzene rings is 4. The van der Waals surface area contributed by atoms with E-state index in [4.69, 9.17) is 16.3 Å². The Kier molecular flexibility index (Phi) is 8.59. The molecule has 4 rings (SSSR count). The molecule has 0 aliphatic rings. The molecule has 0 aromatic heterocycles. The molecule has 0 bridgehead atoms. The van der Waals surface area contributed by atoms with Gasteiger partial charge in [0.05, 0.1) is 5.88 Å². The van der Waals surface area contributed by atoms with Crippen molar-refractivity contribution in [1.29, 1.82) is 0 Å². The highest BCUT2D eigenvalue weighted by Gasteiger charge is 2.38. The van der Waals surface area contributed by atoms with Gasteiger partial charge in [-0.1, -0.05) is 103 Å². The molecule has 0 radical (unpaired) electrons. The maximum atomic E-state index is 11.9. The average Bonchev–Trinajstić information content (AvgIpc) is 2.93. The topological polar surface area (TPSA) is 32.7 Å². The maximum Gasteiger partial charge on any atom is 0.119 e. The first-order chi connectivity index (χ1) is 17.1. The number of hydrogen-bond donors (Lipinski definition) is 1. The van der Waals surface area contributed by atoms with Crippen molar-refractivity contribution in [2.24, 2.45) is 0 Å². The van der Waals surface area contributed by atoms with Gasteiger partial charge >= 0.3 is 0 Å². The Bertz CT molecular complexity index is 1110. The maximum absolute atomic E-state index is 11.9. The van der Waals surface area contributed by atoms with Crippen molar-refractivity contribution in [2.75, 3.05) is 5.88 Å². The lowest BCUT2D eigenvalue weighted by molar-refractivity contribution is -0.0347. The second-order valence-corrected chi connectivity index (χ2v) is 9.18. The third kappa shape index (κ3) is 6.52. The number of alkyl halides is 1. The van der Waals surface area contributed by atoms with Crippen molar-refractivity contribution in [3.05, 3.63) is 138 Å². The van der Waals surface area contributed by atoms with Crippen LogP contribution in [0, 0.1) is 0 Å². The van der Waals surface area contributed by atoms with Gasteiger partial charge in [-0.3, -0.25) is 4.90 Å². The predicted molar refractivity (Wildman–Crippen MR) is 143 cm³/mol. The first-order valence-electron chi connectivity index (χ1n) is 12.0. The van der Waals surface area contributed by atoms with Crippen LogP contribution < -0.4 is 4.74 Å². The number of rotatable bonds is 11. The molecule has 1 N–H and O–H groups in total. The SMILES string of the molecule is C[C@H](N(Cc1ccccc1)Cc1ccccc1)[C@](O)(CCl)c1ccc(OCc2ccccc2)cc1. The zero-order valence-corrected chi connectivity index (χ0v) is 20.8. The summed E-state index contributed by atoms with van der Waals surface area (Å²) in [6, 6.07) is 38.1. The average molecular weight is 486 g/mol. The number of halogens is 1. The summed E-state index contributed by atoms with van der Waals surface area (Å²) >= 11 is 6.46. The molecule has 0 heterocycles. The first kappa shape index (κ1) is 25.0. The normalized spacial score (nSPS) is 13.8. The Labute approximate surface area is 213 Å². The van der Waals surface area contributed by atoms with Crippen LogP contribution in [0.2, 0.25) is 0 Å². The monoisotopic (exact) mass is 485 g/mol. The molecule has 4 heteroatoms. The van der Waals surface area contributed by atoms with Crippen molar-refractivity contribution in [2.45, 2.75) is 38.3 Å². The highest BCUT2D eigenvalue weighted by atomic mass is 35.5. The Morgan fingerprint density at radius 3 is 1.63 bits per heavy atom. The Balaban J connectivity index is 1.54. The lowest BCUT2D eigenvalue weighted by Crippen LogP contribution is -2.49. The summed E-state index contributed by atoms with van der Waals surface area (Å²) in [7, 11) is 0. The fraction of sp³-hybridized carbons (Fsp3) is 0.226.